The number of ether oxygens (including phenoxy) is 3. The molecule has 3 aromatic rings. The van der Waals surface area contributed by atoms with Gasteiger partial charge in [-0.2, -0.15) is 0 Å². The first-order valence-corrected chi connectivity index (χ1v) is 13.1. The van der Waals surface area contributed by atoms with Crippen LogP contribution in [0.3, 0.4) is 0 Å². The summed E-state index contributed by atoms with van der Waals surface area (Å²) in [5.41, 5.74) is 5.31. The van der Waals surface area contributed by atoms with Crippen LogP contribution in [-0.2, 0) is 20.8 Å². The van der Waals surface area contributed by atoms with Crippen LogP contribution in [0.1, 0.15) is 48.9 Å². The van der Waals surface area contributed by atoms with Crippen molar-refractivity contribution in [1.82, 2.24) is 10.6 Å². The van der Waals surface area contributed by atoms with E-state index in [1.54, 1.807) is 39.8 Å². The summed E-state index contributed by atoms with van der Waals surface area (Å²) in [5, 5.41) is 14.7. The highest BCUT2D eigenvalue weighted by molar-refractivity contribution is 5.81. The molecular formula is C31H34N2O7. The highest BCUT2D eigenvalue weighted by Crippen LogP contribution is 2.44. The minimum absolute atomic E-state index is 0.0744. The smallest absolute Gasteiger partial charge is 0.407 e. The van der Waals surface area contributed by atoms with Gasteiger partial charge in [0.05, 0.1) is 0 Å². The van der Waals surface area contributed by atoms with Crippen LogP contribution in [0.4, 0.5) is 9.59 Å². The molecule has 3 aromatic carbocycles. The van der Waals surface area contributed by atoms with Crippen LogP contribution in [-0.4, -0.2) is 48.1 Å². The number of benzene rings is 3. The molecule has 0 fully saturated rings. The zero-order valence-electron chi connectivity index (χ0n) is 23.0. The number of rotatable bonds is 9. The van der Waals surface area contributed by atoms with Crippen LogP contribution >= 0.6 is 0 Å². The average Bonchev–Trinajstić information content (AvgIpc) is 3.22. The van der Waals surface area contributed by atoms with Crippen molar-refractivity contribution in [3.63, 3.8) is 0 Å². The molecule has 0 aliphatic heterocycles. The molecule has 9 heteroatoms. The van der Waals surface area contributed by atoms with Gasteiger partial charge >= 0.3 is 18.2 Å². The van der Waals surface area contributed by atoms with Crippen molar-refractivity contribution in [3.05, 3.63) is 89.0 Å². The van der Waals surface area contributed by atoms with Crippen LogP contribution in [0.2, 0.25) is 0 Å². The van der Waals surface area contributed by atoms with E-state index >= 15 is 0 Å². The number of aryl methyl sites for hydroxylation is 1. The van der Waals surface area contributed by atoms with E-state index in [0.717, 1.165) is 33.4 Å². The molecule has 9 nitrogen and oxygen atoms in total. The maximum Gasteiger partial charge on any atom is 0.407 e. The number of nitrogens with one attached hydrogen (secondary N) is 2. The molecule has 1 aliphatic rings. The maximum absolute atomic E-state index is 12.6. The molecule has 210 valence electrons. The van der Waals surface area contributed by atoms with Gasteiger partial charge in [-0.3, -0.25) is 0 Å². The van der Waals surface area contributed by atoms with E-state index in [0.29, 0.717) is 5.75 Å². The number of alkyl carbamates (subject to hydrolysis) is 2. The SMILES string of the molecule is Cc1cc(CNC(=O)OC(C)(C)C)ccc1OCC(NC(=O)OCC1c2ccccc2-c2ccccc21)C(=O)O. The number of hydrogen-bond acceptors (Lipinski definition) is 6. The topological polar surface area (TPSA) is 123 Å². The van der Waals surface area contributed by atoms with Gasteiger partial charge in [0.25, 0.3) is 0 Å². The van der Waals surface area contributed by atoms with Crippen LogP contribution < -0.4 is 15.4 Å². The number of fused-ring (bicyclic) bond motifs is 3. The summed E-state index contributed by atoms with van der Waals surface area (Å²) in [5.74, 6) is -0.922. The molecule has 0 heterocycles. The third-order valence-electron chi connectivity index (χ3n) is 6.41. The Labute approximate surface area is 233 Å². The minimum Gasteiger partial charge on any atom is -0.491 e. The fourth-order valence-corrected chi connectivity index (χ4v) is 4.60. The summed E-state index contributed by atoms with van der Waals surface area (Å²) >= 11 is 0. The zero-order chi connectivity index (χ0) is 28.9. The highest BCUT2D eigenvalue weighted by atomic mass is 16.6. The van der Waals surface area contributed by atoms with Crippen molar-refractivity contribution in [2.45, 2.75) is 51.8 Å². The van der Waals surface area contributed by atoms with Gasteiger partial charge in [0, 0.05) is 12.5 Å². The van der Waals surface area contributed by atoms with Crippen molar-refractivity contribution < 1.29 is 33.7 Å². The van der Waals surface area contributed by atoms with Gasteiger partial charge in [-0.25, -0.2) is 14.4 Å². The molecule has 0 aromatic heterocycles. The second kappa shape index (κ2) is 12.1. The van der Waals surface area contributed by atoms with E-state index < -0.39 is 29.8 Å². The number of aliphatic carboxylic acids is 1. The Morgan fingerprint density at radius 3 is 2.12 bits per heavy atom. The molecule has 0 bridgehead atoms. The fourth-order valence-electron chi connectivity index (χ4n) is 4.60. The normalized spacial score (nSPS) is 13.0. The lowest BCUT2D eigenvalue weighted by atomic mass is 9.98. The third kappa shape index (κ3) is 7.11. The predicted octanol–water partition coefficient (Wildman–Crippen LogP) is 5.39. The van der Waals surface area contributed by atoms with Gasteiger partial charge in [-0.15, -0.1) is 0 Å². The van der Waals surface area contributed by atoms with Crippen molar-refractivity contribution in [3.8, 4) is 16.9 Å². The first-order chi connectivity index (χ1) is 19.0. The van der Waals surface area contributed by atoms with Crippen molar-refractivity contribution >= 4 is 18.2 Å². The maximum atomic E-state index is 12.6. The van der Waals surface area contributed by atoms with Crippen LogP contribution in [0, 0.1) is 6.92 Å². The molecule has 0 saturated heterocycles. The molecule has 0 radical (unpaired) electrons. The molecule has 0 spiro atoms. The first-order valence-electron chi connectivity index (χ1n) is 13.1. The molecule has 3 N–H and O–H groups in total. The number of amides is 2. The average molecular weight is 547 g/mol. The number of hydrogen-bond donors (Lipinski definition) is 3. The quantitative estimate of drug-likeness (QED) is 0.329. The minimum atomic E-state index is -1.32. The predicted molar refractivity (Wildman–Crippen MR) is 149 cm³/mol. The van der Waals surface area contributed by atoms with E-state index in [4.69, 9.17) is 14.2 Å². The summed E-state index contributed by atoms with van der Waals surface area (Å²) in [4.78, 5) is 36.3. The molecule has 1 atom stereocenters. The number of carboxylic acid groups (broad SMARTS) is 1. The van der Waals surface area contributed by atoms with Gasteiger partial charge in [0.1, 0.15) is 24.6 Å². The van der Waals surface area contributed by atoms with Crippen LogP contribution in [0.25, 0.3) is 11.1 Å². The molecule has 1 aliphatic carbocycles. The molecule has 4 rings (SSSR count). The number of carbonyl (C=O) groups is 3. The van der Waals surface area contributed by atoms with Gasteiger partial charge in [-0.05, 0) is 67.1 Å². The lowest BCUT2D eigenvalue weighted by Gasteiger charge is -2.20. The summed E-state index contributed by atoms with van der Waals surface area (Å²) in [7, 11) is 0. The van der Waals surface area contributed by atoms with Crippen LogP contribution in [0.5, 0.6) is 5.75 Å². The highest BCUT2D eigenvalue weighted by Gasteiger charge is 2.30. The van der Waals surface area contributed by atoms with Gasteiger partial charge in [0.15, 0.2) is 6.04 Å². The summed E-state index contributed by atoms with van der Waals surface area (Å²) in [6, 6.07) is 19.9. The van der Waals surface area contributed by atoms with Crippen molar-refractivity contribution in [2.75, 3.05) is 13.2 Å². The first kappa shape index (κ1) is 28.5. The van der Waals surface area contributed by atoms with Crippen molar-refractivity contribution in [1.29, 1.82) is 0 Å². The van der Waals surface area contributed by atoms with E-state index in [2.05, 4.69) is 10.6 Å². The van der Waals surface area contributed by atoms with Crippen LogP contribution in [0.15, 0.2) is 66.7 Å². The third-order valence-corrected chi connectivity index (χ3v) is 6.41. The second-order valence-electron chi connectivity index (χ2n) is 10.6. The Hall–Kier alpha value is -4.53. The molecule has 40 heavy (non-hydrogen) atoms. The van der Waals surface area contributed by atoms with E-state index in [9.17, 15) is 19.5 Å². The Morgan fingerprint density at radius 1 is 0.925 bits per heavy atom. The fraction of sp³-hybridized carbons (Fsp3) is 0.323. The lowest BCUT2D eigenvalue weighted by Crippen LogP contribution is -2.45. The van der Waals surface area contributed by atoms with Gasteiger partial charge in [-0.1, -0.05) is 60.7 Å². The number of carboxylic acids is 1. The molecule has 2 amide bonds. The Morgan fingerprint density at radius 2 is 1.55 bits per heavy atom. The Bertz CT molecular complexity index is 1350. The lowest BCUT2D eigenvalue weighted by molar-refractivity contribution is -0.140. The zero-order valence-corrected chi connectivity index (χ0v) is 23.0. The molecular weight excluding hydrogens is 512 g/mol. The van der Waals surface area contributed by atoms with E-state index in [-0.39, 0.29) is 25.7 Å². The monoisotopic (exact) mass is 546 g/mol. The molecule has 1 unspecified atom stereocenters. The largest absolute Gasteiger partial charge is 0.491 e. The summed E-state index contributed by atoms with van der Waals surface area (Å²) in [6.45, 7) is 7.21. The summed E-state index contributed by atoms with van der Waals surface area (Å²) in [6.07, 6.45) is -1.35. The molecule has 0 saturated carbocycles. The standard InChI is InChI=1S/C31H34N2O7/c1-19-15-20(16-32-29(36)40-31(2,3)4)13-14-27(19)38-18-26(28(34)35)33-30(37)39-17-25-23-11-7-5-9-21(23)22-10-6-8-12-24(22)25/h5-15,25-26H,16-18H2,1-4H3,(H,32,36)(H,33,37)(H,34,35). The Balaban J connectivity index is 1.30. The van der Waals surface area contributed by atoms with E-state index in [1.165, 1.54) is 0 Å². The van der Waals surface area contributed by atoms with E-state index in [1.807, 2.05) is 54.6 Å². The number of carbonyl (C=O) groups excluding carboxylic acids is 2. The summed E-state index contributed by atoms with van der Waals surface area (Å²) < 4.78 is 16.4. The van der Waals surface area contributed by atoms with Crippen molar-refractivity contribution in [2.24, 2.45) is 0 Å². The van der Waals surface area contributed by atoms with Gasteiger partial charge < -0.3 is 30.0 Å². The second-order valence-corrected chi connectivity index (χ2v) is 10.6. The Kier molecular flexibility index (Phi) is 8.62. The van der Waals surface area contributed by atoms with Gasteiger partial charge in [0.2, 0.25) is 0 Å².